The third-order valence-electron chi connectivity index (χ3n) is 2.93. The molecule has 0 unspecified atom stereocenters. The minimum absolute atomic E-state index is 0.198. The van der Waals surface area contributed by atoms with Gasteiger partial charge in [-0.15, -0.1) is 0 Å². The minimum Gasteiger partial charge on any atom is -0.379 e. The maximum Gasteiger partial charge on any atom is 0.165 e. The number of hydrogen-bond acceptors (Lipinski definition) is 3. The van der Waals surface area contributed by atoms with Crippen molar-refractivity contribution in [3.63, 3.8) is 0 Å². The van der Waals surface area contributed by atoms with Crippen LogP contribution in [0.3, 0.4) is 0 Å². The summed E-state index contributed by atoms with van der Waals surface area (Å²) in [7, 11) is 0. The Morgan fingerprint density at radius 1 is 1.29 bits per heavy atom. The molecule has 0 bridgehead atoms. The van der Waals surface area contributed by atoms with Crippen molar-refractivity contribution in [3.05, 3.63) is 34.3 Å². The molecule has 1 aliphatic heterocycles. The molecule has 0 aromatic heterocycles. The molecule has 0 spiro atoms. The number of ketones is 1. The van der Waals surface area contributed by atoms with Crippen LogP contribution in [-0.4, -0.2) is 43.5 Å². The standard InChI is InChI=1S/C13H16BrNO2/c14-12-4-2-1-3-11(12)13(16)5-6-15-7-9-17-10-8-15/h1-4H,5-10H2. The monoisotopic (exact) mass is 297 g/mol. The second-order valence-electron chi connectivity index (χ2n) is 4.11. The molecule has 1 saturated heterocycles. The van der Waals surface area contributed by atoms with Gasteiger partial charge in [0.25, 0.3) is 0 Å². The normalized spacial score (nSPS) is 17.0. The molecule has 3 nitrogen and oxygen atoms in total. The molecule has 1 aromatic rings. The zero-order chi connectivity index (χ0) is 12.1. The Labute approximate surface area is 110 Å². The number of benzene rings is 1. The number of ether oxygens (including phenoxy) is 1. The van der Waals surface area contributed by atoms with E-state index in [4.69, 9.17) is 4.74 Å². The maximum absolute atomic E-state index is 12.0. The fraction of sp³-hybridized carbons (Fsp3) is 0.462. The molecule has 1 fully saturated rings. The summed E-state index contributed by atoms with van der Waals surface area (Å²) in [4.78, 5) is 14.3. The van der Waals surface area contributed by atoms with E-state index in [-0.39, 0.29) is 5.78 Å². The predicted octanol–water partition coefficient (Wildman–Crippen LogP) is 2.35. The number of carbonyl (C=O) groups excluding carboxylic acids is 1. The molecule has 0 atom stereocenters. The highest BCUT2D eigenvalue weighted by Gasteiger charge is 2.14. The van der Waals surface area contributed by atoms with Gasteiger partial charge in [0, 0.05) is 36.1 Å². The molecule has 0 aliphatic carbocycles. The summed E-state index contributed by atoms with van der Waals surface area (Å²) in [5.74, 6) is 0.198. The van der Waals surface area contributed by atoms with E-state index in [1.54, 1.807) is 0 Å². The molecular weight excluding hydrogens is 282 g/mol. The summed E-state index contributed by atoms with van der Waals surface area (Å²) in [6, 6.07) is 7.59. The molecular formula is C13H16BrNO2. The number of Topliss-reactive ketones (excluding diaryl/α,β-unsaturated/α-hetero) is 1. The molecule has 1 aliphatic rings. The Morgan fingerprint density at radius 2 is 2.00 bits per heavy atom. The molecule has 0 radical (unpaired) electrons. The summed E-state index contributed by atoms with van der Waals surface area (Å²) >= 11 is 3.41. The van der Waals surface area contributed by atoms with E-state index in [0.29, 0.717) is 6.42 Å². The van der Waals surface area contributed by atoms with Crippen LogP contribution in [0, 0.1) is 0 Å². The van der Waals surface area contributed by atoms with Gasteiger partial charge in [-0.1, -0.05) is 34.1 Å². The molecule has 92 valence electrons. The molecule has 1 aromatic carbocycles. The lowest BCUT2D eigenvalue weighted by molar-refractivity contribution is 0.0370. The minimum atomic E-state index is 0.198. The number of rotatable bonds is 4. The van der Waals surface area contributed by atoms with Gasteiger partial charge >= 0.3 is 0 Å². The van der Waals surface area contributed by atoms with Crippen molar-refractivity contribution in [2.45, 2.75) is 6.42 Å². The number of nitrogens with zero attached hydrogens (tertiary/aromatic N) is 1. The number of hydrogen-bond donors (Lipinski definition) is 0. The summed E-state index contributed by atoms with van der Waals surface area (Å²) in [6.45, 7) is 4.25. The highest BCUT2D eigenvalue weighted by Crippen LogP contribution is 2.17. The van der Waals surface area contributed by atoms with E-state index < -0.39 is 0 Å². The van der Waals surface area contributed by atoms with Crippen LogP contribution in [0.2, 0.25) is 0 Å². The van der Waals surface area contributed by atoms with E-state index in [1.807, 2.05) is 24.3 Å². The number of carbonyl (C=O) groups is 1. The van der Waals surface area contributed by atoms with Crippen LogP contribution in [0.1, 0.15) is 16.8 Å². The van der Waals surface area contributed by atoms with Crippen molar-refractivity contribution in [2.75, 3.05) is 32.8 Å². The Hall–Kier alpha value is -0.710. The van der Waals surface area contributed by atoms with Crippen molar-refractivity contribution in [3.8, 4) is 0 Å². The van der Waals surface area contributed by atoms with Crippen LogP contribution in [0.4, 0.5) is 0 Å². The van der Waals surface area contributed by atoms with Crippen molar-refractivity contribution >= 4 is 21.7 Å². The van der Waals surface area contributed by atoms with Gasteiger partial charge in [-0.2, -0.15) is 0 Å². The van der Waals surface area contributed by atoms with Gasteiger partial charge in [0.05, 0.1) is 13.2 Å². The van der Waals surface area contributed by atoms with Crippen LogP contribution >= 0.6 is 15.9 Å². The van der Waals surface area contributed by atoms with E-state index >= 15 is 0 Å². The maximum atomic E-state index is 12.0. The topological polar surface area (TPSA) is 29.5 Å². The second-order valence-corrected chi connectivity index (χ2v) is 4.96. The largest absolute Gasteiger partial charge is 0.379 e. The first-order valence-electron chi connectivity index (χ1n) is 5.85. The fourth-order valence-corrected chi connectivity index (χ4v) is 2.41. The quantitative estimate of drug-likeness (QED) is 0.799. The summed E-state index contributed by atoms with van der Waals surface area (Å²) < 4.78 is 6.16. The zero-order valence-corrected chi connectivity index (χ0v) is 11.3. The Morgan fingerprint density at radius 3 is 2.71 bits per heavy atom. The Kier molecular flexibility index (Phi) is 4.71. The summed E-state index contributed by atoms with van der Waals surface area (Å²) in [5, 5.41) is 0. The first-order valence-corrected chi connectivity index (χ1v) is 6.64. The van der Waals surface area contributed by atoms with Gasteiger partial charge in [-0.3, -0.25) is 9.69 Å². The van der Waals surface area contributed by atoms with Crippen molar-refractivity contribution in [1.29, 1.82) is 0 Å². The number of morpholine rings is 1. The van der Waals surface area contributed by atoms with Crippen LogP contribution in [-0.2, 0) is 4.74 Å². The lowest BCUT2D eigenvalue weighted by Crippen LogP contribution is -2.37. The average molecular weight is 298 g/mol. The van der Waals surface area contributed by atoms with E-state index in [1.165, 1.54) is 0 Å². The van der Waals surface area contributed by atoms with E-state index in [9.17, 15) is 4.79 Å². The van der Waals surface area contributed by atoms with Gasteiger partial charge < -0.3 is 4.74 Å². The van der Waals surface area contributed by atoms with Crippen molar-refractivity contribution in [2.24, 2.45) is 0 Å². The van der Waals surface area contributed by atoms with E-state index in [0.717, 1.165) is 42.9 Å². The van der Waals surface area contributed by atoms with E-state index in [2.05, 4.69) is 20.8 Å². The molecule has 4 heteroatoms. The zero-order valence-electron chi connectivity index (χ0n) is 9.69. The lowest BCUT2D eigenvalue weighted by Gasteiger charge is -2.26. The summed E-state index contributed by atoms with van der Waals surface area (Å²) in [6.07, 6.45) is 0.572. The molecule has 0 N–H and O–H groups in total. The smallest absolute Gasteiger partial charge is 0.165 e. The van der Waals surface area contributed by atoms with Crippen LogP contribution in [0.25, 0.3) is 0 Å². The third-order valence-corrected chi connectivity index (χ3v) is 3.62. The van der Waals surface area contributed by atoms with Crippen molar-refractivity contribution < 1.29 is 9.53 Å². The van der Waals surface area contributed by atoms with Gasteiger partial charge in [0.1, 0.15) is 0 Å². The van der Waals surface area contributed by atoms with Crippen LogP contribution in [0.15, 0.2) is 28.7 Å². The predicted molar refractivity (Wildman–Crippen MR) is 70.3 cm³/mol. The molecule has 17 heavy (non-hydrogen) atoms. The SMILES string of the molecule is O=C(CCN1CCOCC1)c1ccccc1Br. The highest BCUT2D eigenvalue weighted by atomic mass is 79.9. The van der Waals surface area contributed by atoms with Crippen molar-refractivity contribution in [1.82, 2.24) is 4.90 Å². The molecule has 1 heterocycles. The first-order chi connectivity index (χ1) is 8.27. The van der Waals surface area contributed by atoms with Gasteiger partial charge in [-0.25, -0.2) is 0 Å². The molecule has 2 rings (SSSR count). The average Bonchev–Trinajstić information content (AvgIpc) is 2.38. The van der Waals surface area contributed by atoms with Gasteiger partial charge in [-0.05, 0) is 6.07 Å². The van der Waals surface area contributed by atoms with Gasteiger partial charge in [0.15, 0.2) is 5.78 Å². The molecule has 0 amide bonds. The van der Waals surface area contributed by atoms with Crippen LogP contribution < -0.4 is 0 Å². The lowest BCUT2D eigenvalue weighted by atomic mass is 10.1. The fourth-order valence-electron chi connectivity index (χ4n) is 1.91. The third kappa shape index (κ3) is 3.63. The Balaban J connectivity index is 1.87. The first kappa shape index (κ1) is 12.7. The molecule has 0 saturated carbocycles. The van der Waals surface area contributed by atoms with Crippen LogP contribution in [0.5, 0.6) is 0 Å². The summed E-state index contributed by atoms with van der Waals surface area (Å²) in [5.41, 5.74) is 0.778. The highest BCUT2D eigenvalue weighted by molar-refractivity contribution is 9.10. The van der Waals surface area contributed by atoms with Gasteiger partial charge in [0.2, 0.25) is 0 Å². The second kappa shape index (κ2) is 6.28. The Bertz CT molecular complexity index is 389. The number of halogens is 1.